The molecule has 0 aliphatic carbocycles. The fourth-order valence-electron chi connectivity index (χ4n) is 2.68. The number of anilines is 4. The van der Waals surface area contributed by atoms with E-state index < -0.39 is 22.4 Å². The van der Waals surface area contributed by atoms with Crippen molar-refractivity contribution in [3.05, 3.63) is 70.5 Å². The molecule has 3 aromatic rings. The van der Waals surface area contributed by atoms with E-state index in [9.17, 15) is 23.3 Å². The molecule has 0 atom stereocenters. The van der Waals surface area contributed by atoms with E-state index in [2.05, 4.69) is 20.6 Å². The zero-order chi connectivity index (χ0) is 21.7. The van der Waals surface area contributed by atoms with E-state index in [1.807, 2.05) is 0 Å². The van der Waals surface area contributed by atoms with Gasteiger partial charge in [-0.3, -0.25) is 10.1 Å². The number of alkyl halides is 3. The number of hydrogen-bond donors (Lipinski definition) is 2. The number of nitro groups is 1. The fraction of sp³-hybridized carbons (Fsp3) is 0.158. The van der Waals surface area contributed by atoms with E-state index in [1.54, 1.807) is 31.2 Å². The topological polar surface area (TPSA) is 102 Å². The molecule has 30 heavy (non-hydrogen) atoms. The highest BCUT2D eigenvalue weighted by atomic mass is 19.4. The Balaban J connectivity index is 2.03. The van der Waals surface area contributed by atoms with Crippen molar-refractivity contribution in [2.75, 3.05) is 17.2 Å². The van der Waals surface area contributed by atoms with Crippen molar-refractivity contribution in [1.82, 2.24) is 9.97 Å². The SMILES string of the molecule is CCOc1ccccc1Nc1ncnc(Nc2ccccc2C(F)(F)F)c1[N+](=O)[O-]. The summed E-state index contributed by atoms with van der Waals surface area (Å²) >= 11 is 0. The Hall–Kier alpha value is -3.89. The molecule has 2 N–H and O–H groups in total. The van der Waals surface area contributed by atoms with Crippen molar-refractivity contribution in [3.8, 4) is 5.75 Å². The average molecular weight is 419 g/mol. The Morgan fingerprint density at radius 1 is 1.00 bits per heavy atom. The predicted molar refractivity (Wildman–Crippen MR) is 104 cm³/mol. The molecule has 0 radical (unpaired) electrons. The molecule has 0 fully saturated rings. The molecule has 0 amide bonds. The van der Waals surface area contributed by atoms with Crippen LogP contribution in [0.4, 0.5) is 41.9 Å². The molecule has 0 bridgehead atoms. The summed E-state index contributed by atoms with van der Waals surface area (Å²) in [5, 5.41) is 16.9. The molecule has 0 unspecified atom stereocenters. The van der Waals surface area contributed by atoms with Crippen molar-refractivity contribution in [3.63, 3.8) is 0 Å². The molecular formula is C19H16F3N5O3. The van der Waals surface area contributed by atoms with Crippen LogP contribution in [0.5, 0.6) is 5.75 Å². The minimum absolute atomic E-state index is 0.200. The number of benzene rings is 2. The van der Waals surface area contributed by atoms with E-state index in [-0.39, 0.29) is 17.3 Å². The summed E-state index contributed by atoms with van der Waals surface area (Å²) in [6, 6.07) is 11.3. The summed E-state index contributed by atoms with van der Waals surface area (Å²) in [5.74, 6) is -0.151. The number of nitrogens with zero attached hydrogens (tertiary/aromatic N) is 3. The number of nitrogens with one attached hydrogen (secondary N) is 2. The number of para-hydroxylation sites is 3. The van der Waals surface area contributed by atoms with Gasteiger partial charge in [0.15, 0.2) is 0 Å². The van der Waals surface area contributed by atoms with Crippen LogP contribution < -0.4 is 15.4 Å². The van der Waals surface area contributed by atoms with Crippen molar-refractivity contribution >= 4 is 28.7 Å². The third kappa shape index (κ3) is 4.57. The quantitative estimate of drug-likeness (QED) is 0.396. The lowest BCUT2D eigenvalue weighted by molar-refractivity contribution is -0.383. The van der Waals surface area contributed by atoms with Gasteiger partial charge in [-0.05, 0) is 31.2 Å². The molecule has 0 aliphatic rings. The van der Waals surface area contributed by atoms with Crippen LogP contribution in [0.2, 0.25) is 0 Å². The molecule has 0 aliphatic heterocycles. The largest absolute Gasteiger partial charge is 0.492 e. The van der Waals surface area contributed by atoms with Gasteiger partial charge in [-0.15, -0.1) is 0 Å². The van der Waals surface area contributed by atoms with Crippen LogP contribution in [0, 0.1) is 10.1 Å². The molecule has 1 heterocycles. The lowest BCUT2D eigenvalue weighted by atomic mass is 10.1. The van der Waals surface area contributed by atoms with Crippen molar-refractivity contribution in [2.24, 2.45) is 0 Å². The first-order chi connectivity index (χ1) is 14.3. The first kappa shape index (κ1) is 20.8. The van der Waals surface area contributed by atoms with Crippen molar-refractivity contribution in [1.29, 1.82) is 0 Å². The Bertz CT molecular complexity index is 1060. The van der Waals surface area contributed by atoms with Crippen molar-refractivity contribution < 1.29 is 22.8 Å². The molecule has 1 aromatic heterocycles. The van der Waals surface area contributed by atoms with E-state index in [4.69, 9.17) is 4.74 Å². The molecule has 11 heteroatoms. The first-order valence-electron chi connectivity index (χ1n) is 8.72. The third-order valence-corrected chi connectivity index (χ3v) is 3.93. The summed E-state index contributed by atoms with van der Waals surface area (Å²) in [5.41, 5.74) is -1.55. The highest BCUT2D eigenvalue weighted by molar-refractivity contribution is 5.78. The molecule has 0 saturated heterocycles. The zero-order valence-electron chi connectivity index (χ0n) is 15.6. The van der Waals surface area contributed by atoms with Gasteiger partial charge in [-0.1, -0.05) is 24.3 Å². The van der Waals surface area contributed by atoms with Gasteiger partial charge in [0.05, 0.1) is 28.5 Å². The Kier molecular flexibility index (Phi) is 6.00. The van der Waals surface area contributed by atoms with E-state index in [0.717, 1.165) is 18.5 Å². The van der Waals surface area contributed by atoms with Crippen LogP contribution in [-0.4, -0.2) is 21.5 Å². The van der Waals surface area contributed by atoms with Gasteiger partial charge in [0, 0.05) is 0 Å². The monoisotopic (exact) mass is 419 g/mol. The minimum atomic E-state index is -4.65. The standard InChI is InChI=1S/C19H16F3N5O3/c1-2-30-15-10-6-5-9-14(15)26-18-16(27(28)29)17(23-11-24-18)25-13-8-4-3-7-12(13)19(20,21)22/h3-11H,2H2,1H3,(H2,23,24,25,26). The maximum absolute atomic E-state index is 13.3. The summed E-state index contributed by atoms with van der Waals surface area (Å²) in [6.45, 7) is 2.15. The average Bonchev–Trinajstić information content (AvgIpc) is 2.69. The molecule has 156 valence electrons. The maximum Gasteiger partial charge on any atom is 0.418 e. The second-order valence-electron chi connectivity index (χ2n) is 5.90. The van der Waals surface area contributed by atoms with E-state index in [0.29, 0.717) is 18.0 Å². The molecule has 8 nitrogen and oxygen atoms in total. The Morgan fingerprint density at radius 2 is 1.57 bits per heavy atom. The number of ether oxygens (including phenoxy) is 1. The van der Waals surface area contributed by atoms with Gasteiger partial charge in [0.1, 0.15) is 12.1 Å². The van der Waals surface area contributed by atoms with Gasteiger partial charge in [-0.25, -0.2) is 9.97 Å². The molecule has 0 spiro atoms. The summed E-state index contributed by atoms with van der Waals surface area (Å²) in [7, 11) is 0. The number of rotatable bonds is 7. The van der Waals surface area contributed by atoms with Gasteiger partial charge >= 0.3 is 11.9 Å². The van der Waals surface area contributed by atoms with Gasteiger partial charge < -0.3 is 15.4 Å². The van der Waals surface area contributed by atoms with Crippen LogP contribution in [0.15, 0.2) is 54.9 Å². The second kappa shape index (κ2) is 8.64. The molecular weight excluding hydrogens is 403 g/mol. The number of hydrogen-bond acceptors (Lipinski definition) is 7. The van der Waals surface area contributed by atoms with Crippen LogP contribution >= 0.6 is 0 Å². The lowest BCUT2D eigenvalue weighted by Crippen LogP contribution is -2.11. The highest BCUT2D eigenvalue weighted by Crippen LogP contribution is 2.39. The van der Waals surface area contributed by atoms with Gasteiger partial charge in [0.2, 0.25) is 11.6 Å². The summed E-state index contributed by atoms with van der Waals surface area (Å²) < 4.78 is 45.3. The van der Waals surface area contributed by atoms with Gasteiger partial charge in [-0.2, -0.15) is 13.2 Å². The smallest absolute Gasteiger partial charge is 0.418 e. The van der Waals surface area contributed by atoms with E-state index >= 15 is 0 Å². The van der Waals surface area contributed by atoms with Crippen LogP contribution in [0.1, 0.15) is 12.5 Å². The normalized spacial score (nSPS) is 11.1. The van der Waals surface area contributed by atoms with Gasteiger partial charge in [0.25, 0.3) is 0 Å². The lowest BCUT2D eigenvalue weighted by Gasteiger charge is -2.15. The Labute approximate surface area is 168 Å². The van der Waals surface area contributed by atoms with E-state index in [1.165, 1.54) is 12.1 Å². The fourth-order valence-corrected chi connectivity index (χ4v) is 2.68. The number of aromatic nitrogens is 2. The molecule has 2 aromatic carbocycles. The van der Waals surface area contributed by atoms with Crippen LogP contribution in [-0.2, 0) is 6.18 Å². The Morgan fingerprint density at radius 3 is 2.17 bits per heavy atom. The second-order valence-corrected chi connectivity index (χ2v) is 5.90. The molecule has 0 saturated carbocycles. The third-order valence-electron chi connectivity index (χ3n) is 3.93. The minimum Gasteiger partial charge on any atom is -0.492 e. The van der Waals surface area contributed by atoms with Crippen molar-refractivity contribution in [2.45, 2.75) is 13.1 Å². The summed E-state index contributed by atoms with van der Waals surface area (Å²) in [4.78, 5) is 18.6. The predicted octanol–water partition coefficient (Wildman–Crippen LogP) is 5.29. The van der Waals surface area contributed by atoms with Crippen LogP contribution in [0.3, 0.4) is 0 Å². The zero-order valence-corrected chi connectivity index (χ0v) is 15.6. The summed E-state index contributed by atoms with van der Waals surface area (Å²) in [6.07, 6.45) is -3.64. The van der Waals surface area contributed by atoms with Crippen LogP contribution in [0.25, 0.3) is 0 Å². The molecule has 3 rings (SSSR count). The number of halogens is 3. The highest BCUT2D eigenvalue weighted by Gasteiger charge is 2.34. The first-order valence-corrected chi connectivity index (χ1v) is 8.72. The maximum atomic E-state index is 13.3.